The van der Waals surface area contributed by atoms with Gasteiger partial charge in [0.2, 0.25) is 5.91 Å². The van der Waals surface area contributed by atoms with Gasteiger partial charge in [0.05, 0.1) is 12.3 Å². The van der Waals surface area contributed by atoms with E-state index in [1.165, 1.54) is 6.26 Å². The summed E-state index contributed by atoms with van der Waals surface area (Å²) in [7, 11) is 0. The van der Waals surface area contributed by atoms with E-state index in [4.69, 9.17) is 4.42 Å². The van der Waals surface area contributed by atoms with Crippen LogP contribution in [0.15, 0.2) is 71.6 Å². The lowest BCUT2D eigenvalue weighted by Crippen LogP contribution is -2.46. The van der Waals surface area contributed by atoms with Gasteiger partial charge in [-0.05, 0) is 61.7 Å². The highest BCUT2D eigenvalue weighted by molar-refractivity contribution is 6.04. The minimum Gasteiger partial charge on any atom is -0.459 e. The number of nitrogens with one attached hydrogen (secondary N) is 2. The van der Waals surface area contributed by atoms with Crippen LogP contribution in [0.4, 0.5) is 5.69 Å². The van der Waals surface area contributed by atoms with Gasteiger partial charge in [0.15, 0.2) is 5.76 Å². The van der Waals surface area contributed by atoms with Crippen LogP contribution in [0.25, 0.3) is 0 Å². The first-order valence-corrected chi connectivity index (χ1v) is 10.5. The topological polar surface area (TPSA) is 105 Å². The molecule has 3 heterocycles. The number of pyridine rings is 1. The Morgan fingerprint density at radius 3 is 2.53 bits per heavy atom. The van der Waals surface area contributed by atoms with Gasteiger partial charge in [0.1, 0.15) is 6.04 Å². The van der Waals surface area contributed by atoms with Crippen molar-refractivity contribution in [3.05, 3.63) is 84.1 Å². The SMILES string of the molecule is CC(NC(=O)C1CCCN1C(=O)c1ccco1)c1ccc(NC(=O)c2ccncc2)cc1. The van der Waals surface area contributed by atoms with Crippen molar-refractivity contribution in [3.8, 4) is 0 Å². The zero-order chi connectivity index (χ0) is 22.5. The molecule has 0 spiro atoms. The van der Waals surface area contributed by atoms with Gasteiger partial charge in [-0.15, -0.1) is 0 Å². The molecule has 2 atom stereocenters. The Hall–Kier alpha value is -3.94. The average Bonchev–Trinajstić information content (AvgIpc) is 3.52. The lowest BCUT2D eigenvalue weighted by atomic mass is 10.1. The first-order chi connectivity index (χ1) is 15.5. The molecule has 0 radical (unpaired) electrons. The van der Waals surface area contributed by atoms with E-state index in [2.05, 4.69) is 15.6 Å². The van der Waals surface area contributed by atoms with Gasteiger partial charge >= 0.3 is 0 Å². The standard InChI is InChI=1S/C24H24N4O4/c1-16(17-6-8-19(9-7-17)27-22(29)18-10-12-25-13-11-18)26-23(30)20-4-2-14-28(20)24(31)21-5-3-15-32-21/h3,5-13,15-16,20H,2,4,14H2,1H3,(H,26,30)(H,27,29). The molecule has 1 fully saturated rings. The molecule has 2 unspecified atom stereocenters. The average molecular weight is 432 g/mol. The van der Waals surface area contributed by atoms with Crippen LogP contribution in [0, 0.1) is 0 Å². The van der Waals surface area contributed by atoms with Gasteiger partial charge in [0, 0.05) is 30.2 Å². The van der Waals surface area contributed by atoms with E-state index in [0.717, 1.165) is 12.0 Å². The van der Waals surface area contributed by atoms with Gasteiger partial charge < -0.3 is 20.0 Å². The number of carbonyl (C=O) groups excluding carboxylic acids is 3. The van der Waals surface area contributed by atoms with E-state index in [1.807, 2.05) is 19.1 Å². The molecule has 8 nitrogen and oxygen atoms in total. The number of rotatable bonds is 6. The molecule has 3 amide bonds. The molecule has 4 rings (SSSR count). The van der Waals surface area contributed by atoms with Gasteiger partial charge in [0.25, 0.3) is 11.8 Å². The summed E-state index contributed by atoms with van der Waals surface area (Å²) < 4.78 is 5.20. The van der Waals surface area contributed by atoms with Crippen molar-refractivity contribution < 1.29 is 18.8 Å². The molecule has 2 aromatic heterocycles. The maximum atomic E-state index is 12.9. The maximum absolute atomic E-state index is 12.9. The molecule has 3 aromatic rings. The maximum Gasteiger partial charge on any atom is 0.290 e. The van der Waals surface area contributed by atoms with Crippen LogP contribution >= 0.6 is 0 Å². The second-order valence-electron chi connectivity index (χ2n) is 7.68. The van der Waals surface area contributed by atoms with Crippen LogP contribution in [0.5, 0.6) is 0 Å². The summed E-state index contributed by atoms with van der Waals surface area (Å²) in [6, 6.07) is 13.1. The third-order valence-corrected chi connectivity index (χ3v) is 5.52. The number of hydrogen-bond donors (Lipinski definition) is 2. The number of aromatic nitrogens is 1. The number of furan rings is 1. The molecule has 8 heteroatoms. The number of nitrogens with zero attached hydrogens (tertiary/aromatic N) is 2. The summed E-state index contributed by atoms with van der Waals surface area (Å²) in [4.78, 5) is 43.2. The molecule has 0 bridgehead atoms. The summed E-state index contributed by atoms with van der Waals surface area (Å²) in [5.74, 6) is -0.439. The summed E-state index contributed by atoms with van der Waals surface area (Å²) >= 11 is 0. The Bertz CT molecular complexity index is 1080. The fourth-order valence-electron chi connectivity index (χ4n) is 3.78. The highest BCUT2D eigenvalue weighted by atomic mass is 16.3. The molecule has 0 aliphatic carbocycles. The molecular weight excluding hydrogens is 408 g/mol. The van der Waals surface area contributed by atoms with E-state index < -0.39 is 6.04 Å². The second-order valence-corrected chi connectivity index (χ2v) is 7.68. The molecule has 2 N–H and O–H groups in total. The largest absolute Gasteiger partial charge is 0.459 e. The van der Waals surface area contributed by atoms with Gasteiger partial charge in [-0.1, -0.05) is 12.1 Å². The molecular formula is C24H24N4O4. The highest BCUT2D eigenvalue weighted by Crippen LogP contribution is 2.23. The Kier molecular flexibility index (Phi) is 6.30. The molecule has 164 valence electrons. The molecule has 1 aliphatic heterocycles. The number of anilines is 1. The Labute approximate surface area is 185 Å². The van der Waals surface area contributed by atoms with E-state index in [0.29, 0.717) is 24.2 Å². The summed E-state index contributed by atoms with van der Waals surface area (Å²) in [6.45, 7) is 2.41. The van der Waals surface area contributed by atoms with Crippen molar-refractivity contribution >= 4 is 23.4 Å². The van der Waals surface area contributed by atoms with Crippen molar-refractivity contribution in [3.63, 3.8) is 0 Å². The van der Waals surface area contributed by atoms with Crippen LogP contribution in [0.2, 0.25) is 0 Å². The van der Waals surface area contributed by atoms with Crippen molar-refractivity contribution in [2.24, 2.45) is 0 Å². The molecule has 0 saturated carbocycles. The molecule has 1 aromatic carbocycles. The fourth-order valence-corrected chi connectivity index (χ4v) is 3.78. The van der Waals surface area contributed by atoms with Crippen molar-refractivity contribution in [1.82, 2.24) is 15.2 Å². The Morgan fingerprint density at radius 1 is 1.09 bits per heavy atom. The van der Waals surface area contributed by atoms with Gasteiger partial charge in [-0.2, -0.15) is 0 Å². The van der Waals surface area contributed by atoms with Crippen LogP contribution in [0.3, 0.4) is 0 Å². The first-order valence-electron chi connectivity index (χ1n) is 10.5. The lowest BCUT2D eigenvalue weighted by molar-refractivity contribution is -0.125. The minimum atomic E-state index is -0.519. The third-order valence-electron chi connectivity index (χ3n) is 5.52. The van der Waals surface area contributed by atoms with Crippen molar-refractivity contribution in [2.75, 3.05) is 11.9 Å². The highest BCUT2D eigenvalue weighted by Gasteiger charge is 2.36. The number of likely N-dealkylation sites (tertiary alicyclic amines) is 1. The van der Waals surface area contributed by atoms with Crippen LogP contribution in [-0.4, -0.2) is 40.2 Å². The minimum absolute atomic E-state index is 0.190. The Morgan fingerprint density at radius 2 is 1.84 bits per heavy atom. The van der Waals surface area contributed by atoms with Crippen LogP contribution in [-0.2, 0) is 4.79 Å². The summed E-state index contributed by atoms with van der Waals surface area (Å²) in [5.41, 5.74) is 2.07. The fraction of sp³-hybridized carbons (Fsp3) is 0.250. The van der Waals surface area contributed by atoms with Crippen molar-refractivity contribution in [2.45, 2.75) is 31.8 Å². The monoisotopic (exact) mass is 432 g/mol. The zero-order valence-corrected chi connectivity index (χ0v) is 17.7. The first kappa shape index (κ1) is 21.3. The Balaban J connectivity index is 1.36. The molecule has 1 aliphatic rings. The van der Waals surface area contributed by atoms with E-state index in [-0.39, 0.29) is 29.5 Å². The number of benzene rings is 1. The predicted octanol–water partition coefficient (Wildman–Crippen LogP) is 3.41. The predicted molar refractivity (Wildman–Crippen MR) is 118 cm³/mol. The summed E-state index contributed by atoms with van der Waals surface area (Å²) in [5, 5.41) is 5.83. The number of amides is 3. The lowest BCUT2D eigenvalue weighted by Gasteiger charge is -2.25. The quantitative estimate of drug-likeness (QED) is 0.621. The van der Waals surface area contributed by atoms with Gasteiger partial charge in [-0.25, -0.2) is 0 Å². The number of carbonyl (C=O) groups is 3. The molecule has 1 saturated heterocycles. The van der Waals surface area contributed by atoms with Crippen LogP contribution < -0.4 is 10.6 Å². The van der Waals surface area contributed by atoms with Gasteiger partial charge in [-0.3, -0.25) is 19.4 Å². The smallest absolute Gasteiger partial charge is 0.290 e. The van der Waals surface area contributed by atoms with E-state index in [9.17, 15) is 14.4 Å². The zero-order valence-electron chi connectivity index (χ0n) is 17.7. The van der Waals surface area contributed by atoms with E-state index >= 15 is 0 Å². The second kappa shape index (κ2) is 9.47. The third kappa shape index (κ3) is 4.69. The van der Waals surface area contributed by atoms with Crippen LogP contribution in [0.1, 0.15) is 52.3 Å². The number of hydrogen-bond acceptors (Lipinski definition) is 5. The normalized spacial score (nSPS) is 16.4. The summed E-state index contributed by atoms with van der Waals surface area (Å²) in [6.07, 6.45) is 5.96. The van der Waals surface area contributed by atoms with Crippen molar-refractivity contribution in [1.29, 1.82) is 0 Å². The molecule has 32 heavy (non-hydrogen) atoms. The van der Waals surface area contributed by atoms with E-state index in [1.54, 1.807) is 53.7 Å².